The molecule has 1 amide bonds. The van der Waals surface area contributed by atoms with Gasteiger partial charge in [0, 0.05) is 5.69 Å². The largest absolute Gasteiger partial charge is 0.494 e. The molecule has 18 heavy (non-hydrogen) atoms. The van der Waals surface area contributed by atoms with Crippen LogP contribution >= 0.6 is 0 Å². The molecule has 3 N–H and O–H groups in total. The first kappa shape index (κ1) is 14.5. The maximum absolute atomic E-state index is 11.8. The zero-order valence-electron chi connectivity index (χ0n) is 11.3. The summed E-state index contributed by atoms with van der Waals surface area (Å²) in [5.41, 5.74) is 7.52. The molecule has 0 saturated carbocycles. The molecule has 100 valence electrons. The van der Waals surface area contributed by atoms with Gasteiger partial charge in [-0.1, -0.05) is 13.3 Å². The molecule has 0 heterocycles. The Bertz CT molecular complexity index is 405. The minimum atomic E-state index is -0.444. The fourth-order valence-electron chi connectivity index (χ4n) is 1.70. The smallest absolute Gasteiger partial charge is 0.241 e. The Morgan fingerprint density at radius 3 is 2.72 bits per heavy atom. The minimum absolute atomic E-state index is 0.135. The number of nitrogens with two attached hydrogens (primary N) is 1. The van der Waals surface area contributed by atoms with Gasteiger partial charge in [0.05, 0.1) is 12.6 Å². The van der Waals surface area contributed by atoms with Crippen molar-refractivity contribution in [2.24, 2.45) is 5.73 Å². The van der Waals surface area contributed by atoms with Crippen molar-refractivity contribution in [1.82, 2.24) is 0 Å². The number of hydrogen-bond donors (Lipinski definition) is 2. The van der Waals surface area contributed by atoms with E-state index in [9.17, 15) is 4.79 Å². The first-order chi connectivity index (χ1) is 8.58. The van der Waals surface area contributed by atoms with Gasteiger partial charge in [-0.15, -0.1) is 0 Å². The number of nitrogens with one attached hydrogen (secondary N) is 1. The van der Waals surface area contributed by atoms with Crippen molar-refractivity contribution in [3.63, 3.8) is 0 Å². The molecule has 0 aliphatic heterocycles. The van der Waals surface area contributed by atoms with E-state index in [2.05, 4.69) is 5.32 Å². The highest BCUT2D eigenvalue weighted by Crippen LogP contribution is 2.21. The quantitative estimate of drug-likeness (QED) is 0.815. The minimum Gasteiger partial charge on any atom is -0.494 e. The summed E-state index contributed by atoms with van der Waals surface area (Å²) in [5, 5.41) is 2.84. The topological polar surface area (TPSA) is 64.4 Å². The van der Waals surface area contributed by atoms with Gasteiger partial charge in [-0.25, -0.2) is 0 Å². The van der Waals surface area contributed by atoms with Gasteiger partial charge in [-0.05, 0) is 44.0 Å². The lowest BCUT2D eigenvalue weighted by atomic mass is 10.1. The van der Waals surface area contributed by atoms with Crippen LogP contribution in [0.5, 0.6) is 5.75 Å². The van der Waals surface area contributed by atoms with E-state index in [4.69, 9.17) is 10.5 Å². The number of aryl methyl sites for hydroxylation is 1. The summed E-state index contributed by atoms with van der Waals surface area (Å²) in [6, 6.07) is 5.15. The first-order valence-electron chi connectivity index (χ1n) is 6.38. The monoisotopic (exact) mass is 250 g/mol. The molecule has 1 rings (SSSR count). The Morgan fingerprint density at radius 1 is 1.44 bits per heavy atom. The lowest BCUT2D eigenvalue weighted by Crippen LogP contribution is -2.35. The summed E-state index contributed by atoms with van der Waals surface area (Å²) in [6.45, 7) is 6.51. The van der Waals surface area contributed by atoms with Gasteiger partial charge in [0.25, 0.3) is 0 Å². The highest BCUT2D eigenvalue weighted by Gasteiger charge is 2.13. The fourth-order valence-corrected chi connectivity index (χ4v) is 1.70. The van der Waals surface area contributed by atoms with E-state index in [0.29, 0.717) is 13.0 Å². The summed E-state index contributed by atoms with van der Waals surface area (Å²) < 4.78 is 5.40. The van der Waals surface area contributed by atoms with Crippen LogP contribution in [0.4, 0.5) is 5.69 Å². The van der Waals surface area contributed by atoms with Gasteiger partial charge in [0.1, 0.15) is 5.75 Å². The molecule has 0 saturated heterocycles. The van der Waals surface area contributed by atoms with Crippen molar-refractivity contribution in [3.8, 4) is 5.75 Å². The molecular weight excluding hydrogens is 228 g/mol. The van der Waals surface area contributed by atoms with Crippen LogP contribution in [0.3, 0.4) is 0 Å². The molecule has 0 aromatic heterocycles. The maximum Gasteiger partial charge on any atom is 0.241 e. The molecule has 4 nitrogen and oxygen atoms in total. The Kier molecular flexibility index (Phi) is 5.65. The predicted molar refractivity (Wildman–Crippen MR) is 73.9 cm³/mol. The molecule has 0 spiro atoms. The predicted octanol–water partition coefficient (Wildman–Crippen LogP) is 2.46. The van der Waals surface area contributed by atoms with E-state index in [1.165, 1.54) is 0 Å². The van der Waals surface area contributed by atoms with Gasteiger partial charge < -0.3 is 15.8 Å². The second kappa shape index (κ2) is 7.01. The van der Waals surface area contributed by atoms with Crippen LogP contribution in [-0.4, -0.2) is 18.6 Å². The van der Waals surface area contributed by atoms with Gasteiger partial charge in [-0.2, -0.15) is 0 Å². The summed E-state index contributed by atoms with van der Waals surface area (Å²) >= 11 is 0. The molecule has 0 aliphatic carbocycles. The molecule has 0 radical (unpaired) electrons. The number of carbonyl (C=O) groups excluding carboxylic acids is 1. The third-order valence-corrected chi connectivity index (χ3v) is 2.70. The molecule has 0 unspecified atom stereocenters. The van der Waals surface area contributed by atoms with Crippen LogP contribution in [0.25, 0.3) is 0 Å². The third-order valence-electron chi connectivity index (χ3n) is 2.70. The van der Waals surface area contributed by atoms with Crippen LogP contribution in [0, 0.1) is 6.92 Å². The molecule has 1 aromatic rings. The molecule has 0 fully saturated rings. The number of carbonyl (C=O) groups is 1. The molecular formula is C14H22N2O2. The van der Waals surface area contributed by atoms with Crippen molar-refractivity contribution in [2.75, 3.05) is 11.9 Å². The van der Waals surface area contributed by atoms with Gasteiger partial charge in [-0.3, -0.25) is 4.79 Å². The average Bonchev–Trinajstić information content (AvgIpc) is 2.33. The zero-order chi connectivity index (χ0) is 13.5. The van der Waals surface area contributed by atoms with E-state index in [0.717, 1.165) is 23.4 Å². The lowest BCUT2D eigenvalue weighted by molar-refractivity contribution is -0.117. The number of ether oxygens (including phenoxy) is 1. The van der Waals surface area contributed by atoms with Crippen molar-refractivity contribution in [1.29, 1.82) is 0 Å². The lowest BCUT2D eigenvalue weighted by Gasteiger charge is -2.14. The Morgan fingerprint density at radius 2 is 2.17 bits per heavy atom. The Hall–Kier alpha value is -1.55. The van der Waals surface area contributed by atoms with Crippen LogP contribution in [0.1, 0.15) is 32.3 Å². The van der Waals surface area contributed by atoms with Crippen LogP contribution in [0.15, 0.2) is 18.2 Å². The van der Waals surface area contributed by atoms with Crippen molar-refractivity contribution in [2.45, 2.75) is 39.7 Å². The average molecular weight is 250 g/mol. The van der Waals surface area contributed by atoms with Crippen LogP contribution in [-0.2, 0) is 4.79 Å². The van der Waals surface area contributed by atoms with E-state index in [1.807, 2.05) is 39.0 Å². The maximum atomic E-state index is 11.8. The van der Waals surface area contributed by atoms with E-state index in [-0.39, 0.29) is 5.91 Å². The van der Waals surface area contributed by atoms with Crippen molar-refractivity contribution in [3.05, 3.63) is 23.8 Å². The number of hydrogen-bond acceptors (Lipinski definition) is 3. The second-order valence-corrected chi connectivity index (χ2v) is 4.29. The fraction of sp³-hybridized carbons (Fsp3) is 0.500. The SMILES string of the molecule is CCC[C@H](N)C(=O)Nc1ccc(OCC)cc1C. The second-order valence-electron chi connectivity index (χ2n) is 4.29. The number of benzene rings is 1. The highest BCUT2D eigenvalue weighted by atomic mass is 16.5. The van der Waals surface area contributed by atoms with E-state index >= 15 is 0 Å². The molecule has 1 atom stereocenters. The van der Waals surface area contributed by atoms with E-state index in [1.54, 1.807) is 0 Å². The van der Waals surface area contributed by atoms with Crippen molar-refractivity contribution < 1.29 is 9.53 Å². The number of anilines is 1. The Balaban J connectivity index is 2.70. The molecule has 0 aliphatic rings. The third kappa shape index (κ3) is 4.04. The summed E-state index contributed by atoms with van der Waals surface area (Å²) in [7, 11) is 0. The van der Waals surface area contributed by atoms with Gasteiger partial charge >= 0.3 is 0 Å². The molecule has 0 bridgehead atoms. The summed E-state index contributed by atoms with van der Waals surface area (Å²) in [5.74, 6) is 0.676. The Labute approximate surface area is 109 Å². The van der Waals surface area contributed by atoms with Crippen molar-refractivity contribution >= 4 is 11.6 Å². The molecule has 4 heteroatoms. The van der Waals surface area contributed by atoms with Gasteiger partial charge in [0.15, 0.2) is 0 Å². The number of rotatable bonds is 6. The highest BCUT2D eigenvalue weighted by molar-refractivity contribution is 5.95. The van der Waals surface area contributed by atoms with E-state index < -0.39 is 6.04 Å². The molecule has 1 aromatic carbocycles. The standard InChI is InChI=1S/C14H22N2O2/c1-4-6-12(15)14(17)16-13-8-7-11(18-5-2)9-10(13)3/h7-9,12H,4-6,15H2,1-3H3,(H,16,17)/t12-/m0/s1. The summed E-state index contributed by atoms with van der Waals surface area (Å²) in [4.78, 5) is 11.8. The van der Waals surface area contributed by atoms with Crippen LogP contribution in [0.2, 0.25) is 0 Å². The van der Waals surface area contributed by atoms with Gasteiger partial charge in [0.2, 0.25) is 5.91 Å². The normalized spacial score (nSPS) is 12.0. The first-order valence-corrected chi connectivity index (χ1v) is 6.38. The zero-order valence-corrected chi connectivity index (χ0v) is 11.3. The van der Waals surface area contributed by atoms with Crippen LogP contribution < -0.4 is 15.8 Å². The summed E-state index contributed by atoms with van der Waals surface area (Å²) in [6.07, 6.45) is 1.60. The number of amides is 1.